The first-order valence-corrected chi connectivity index (χ1v) is 11.5. The number of nitrogens with one attached hydrogen (secondary N) is 1. The third-order valence-electron chi connectivity index (χ3n) is 5.95. The molecule has 0 saturated heterocycles. The van der Waals surface area contributed by atoms with E-state index in [2.05, 4.69) is 5.32 Å². The molecule has 4 aromatic rings. The minimum Gasteiger partial charge on any atom is -0.486 e. The molecular weight excluding hydrogens is 464 g/mol. The van der Waals surface area contributed by atoms with Crippen LogP contribution in [-0.4, -0.2) is 17.0 Å². The first-order valence-electron chi connectivity index (χ1n) is 11.5. The number of hydrogen-bond donors (Lipinski definition) is 2. The van der Waals surface area contributed by atoms with E-state index in [1.165, 1.54) is 0 Å². The van der Waals surface area contributed by atoms with Gasteiger partial charge in [0, 0.05) is 18.1 Å². The summed E-state index contributed by atoms with van der Waals surface area (Å²) in [5.74, 6) is -2.90. The fraction of sp³-hybridized carbons (Fsp3) is 0.172. The molecule has 36 heavy (non-hydrogen) atoms. The second-order valence-corrected chi connectivity index (χ2v) is 8.51. The summed E-state index contributed by atoms with van der Waals surface area (Å²) in [6.45, 7) is 1.79. The highest BCUT2D eigenvalue weighted by Crippen LogP contribution is 2.25. The van der Waals surface area contributed by atoms with Gasteiger partial charge in [-0.2, -0.15) is 0 Å². The zero-order chi connectivity index (χ0) is 25.7. The van der Waals surface area contributed by atoms with Crippen molar-refractivity contribution < 1.29 is 28.2 Å². The normalized spacial score (nSPS) is 11.8. The zero-order valence-electron chi connectivity index (χ0n) is 19.6. The lowest BCUT2D eigenvalue weighted by Crippen LogP contribution is -2.28. The van der Waals surface area contributed by atoms with Crippen molar-refractivity contribution in [2.24, 2.45) is 0 Å². The fourth-order valence-corrected chi connectivity index (χ4v) is 4.11. The molecule has 0 unspecified atom stereocenters. The number of rotatable bonds is 9. The molecule has 4 aromatic carbocycles. The van der Waals surface area contributed by atoms with Crippen LogP contribution in [0.15, 0.2) is 78.9 Å². The van der Waals surface area contributed by atoms with Crippen LogP contribution in [0.4, 0.5) is 8.78 Å². The van der Waals surface area contributed by atoms with Crippen molar-refractivity contribution in [2.75, 3.05) is 0 Å². The Bertz CT molecular complexity index is 1410. The molecule has 0 aliphatic heterocycles. The molecule has 0 aliphatic carbocycles. The van der Waals surface area contributed by atoms with Gasteiger partial charge in [0.25, 0.3) is 5.91 Å². The summed E-state index contributed by atoms with van der Waals surface area (Å²) in [7, 11) is 0. The smallest absolute Gasteiger partial charge is 0.303 e. The molecular formula is C29H25F2NO4. The van der Waals surface area contributed by atoms with Gasteiger partial charge in [-0.1, -0.05) is 54.6 Å². The van der Waals surface area contributed by atoms with Crippen LogP contribution in [0.5, 0.6) is 5.75 Å². The average molecular weight is 490 g/mol. The van der Waals surface area contributed by atoms with Crippen LogP contribution in [0.25, 0.3) is 10.8 Å². The van der Waals surface area contributed by atoms with Gasteiger partial charge in [0.1, 0.15) is 12.4 Å². The molecule has 184 valence electrons. The van der Waals surface area contributed by atoms with Crippen LogP contribution >= 0.6 is 0 Å². The lowest BCUT2D eigenvalue weighted by molar-refractivity contribution is -0.136. The molecule has 0 saturated carbocycles. The Hall–Kier alpha value is -4.26. The number of carbonyl (C=O) groups excluding carboxylic acids is 1. The molecule has 4 rings (SSSR count). The van der Waals surface area contributed by atoms with Crippen molar-refractivity contribution in [1.82, 2.24) is 5.32 Å². The molecule has 7 heteroatoms. The molecule has 2 N–H and O–H groups in total. The van der Waals surface area contributed by atoms with Gasteiger partial charge in [0.2, 0.25) is 0 Å². The zero-order valence-corrected chi connectivity index (χ0v) is 19.6. The number of fused-ring (bicyclic) bond motifs is 1. The van der Waals surface area contributed by atoms with Gasteiger partial charge < -0.3 is 15.2 Å². The number of halogens is 2. The Morgan fingerprint density at radius 1 is 0.972 bits per heavy atom. The van der Waals surface area contributed by atoms with E-state index in [0.29, 0.717) is 16.7 Å². The maximum Gasteiger partial charge on any atom is 0.303 e. The monoisotopic (exact) mass is 489 g/mol. The topological polar surface area (TPSA) is 75.6 Å². The fourth-order valence-electron chi connectivity index (χ4n) is 4.11. The lowest BCUT2D eigenvalue weighted by atomic mass is 9.97. The van der Waals surface area contributed by atoms with E-state index < -0.39 is 17.6 Å². The molecule has 0 aliphatic rings. The molecule has 0 bridgehead atoms. The summed E-state index contributed by atoms with van der Waals surface area (Å²) in [4.78, 5) is 24.5. The van der Waals surface area contributed by atoms with Gasteiger partial charge in [-0.05, 0) is 59.0 Å². The highest BCUT2D eigenvalue weighted by Gasteiger charge is 2.18. The summed E-state index contributed by atoms with van der Waals surface area (Å²) in [6.07, 6.45) is 0.0317. The Morgan fingerprint density at radius 3 is 2.56 bits per heavy atom. The van der Waals surface area contributed by atoms with E-state index >= 15 is 0 Å². The Kier molecular flexibility index (Phi) is 7.59. The van der Waals surface area contributed by atoms with Crippen LogP contribution in [0.2, 0.25) is 0 Å². The molecule has 5 nitrogen and oxygen atoms in total. The maximum atomic E-state index is 13.9. The standard InChI is InChI=1S/C29H25F2NO4/c1-18(23-8-4-6-20-5-2-3-7-24(20)23)32-29(35)25-15-19(9-10-21(25)11-14-28(33)34)17-36-27-16-22(30)12-13-26(27)31/h2-10,12-13,15-16,18H,11,14,17H2,1H3,(H,32,35)(H,33,34)/t18-/m1/s1. The highest BCUT2D eigenvalue weighted by atomic mass is 19.1. The third kappa shape index (κ3) is 5.86. The number of carboxylic acids is 1. The Labute approximate surface area is 207 Å². The molecule has 0 aromatic heterocycles. The highest BCUT2D eigenvalue weighted by molar-refractivity contribution is 5.97. The molecule has 0 fully saturated rings. The number of ether oxygens (including phenoxy) is 1. The number of amides is 1. The SMILES string of the molecule is C[C@@H](NC(=O)c1cc(COc2cc(F)ccc2F)ccc1CCC(=O)O)c1cccc2ccccc12. The first kappa shape index (κ1) is 24.9. The minimum atomic E-state index is -0.973. The summed E-state index contributed by atoms with van der Waals surface area (Å²) >= 11 is 0. The second kappa shape index (κ2) is 11.0. The quantitative estimate of drug-likeness (QED) is 0.293. The molecule has 1 atom stereocenters. The molecule has 0 radical (unpaired) electrons. The second-order valence-electron chi connectivity index (χ2n) is 8.51. The van der Waals surface area contributed by atoms with E-state index in [9.17, 15) is 18.4 Å². The largest absolute Gasteiger partial charge is 0.486 e. The predicted molar refractivity (Wildman–Crippen MR) is 133 cm³/mol. The van der Waals surface area contributed by atoms with Gasteiger partial charge in [-0.3, -0.25) is 9.59 Å². The summed E-state index contributed by atoms with van der Waals surface area (Å²) in [5, 5.41) is 14.2. The average Bonchev–Trinajstić information content (AvgIpc) is 2.87. The van der Waals surface area contributed by atoms with Crippen LogP contribution in [0.3, 0.4) is 0 Å². The molecule has 0 heterocycles. The lowest BCUT2D eigenvalue weighted by Gasteiger charge is -2.18. The van der Waals surface area contributed by atoms with Gasteiger partial charge in [0.05, 0.1) is 6.04 Å². The number of carbonyl (C=O) groups is 2. The number of aliphatic carboxylic acids is 1. The van der Waals surface area contributed by atoms with E-state index in [0.717, 1.165) is 34.5 Å². The van der Waals surface area contributed by atoms with Crippen molar-refractivity contribution in [3.8, 4) is 5.75 Å². The van der Waals surface area contributed by atoms with Gasteiger partial charge in [-0.25, -0.2) is 8.78 Å². The van der Waals surface area contributed by atoms with E-state index in [-0.39, 0.29) is 37.1 Å². The summed E-state index contributed by atoms with van der Waals surface area (Å²) < 4.78 is 32.8. The van der Waals surface area contributed by atoms with Crippen LogP contribution in [-0.2, 0) is 17.8 Å². The number of carboxylic acid groups (broad SMARTS) is 1. The first-order chi connectivity index (χ1) is 17.3. The molecule has 0 spiro atoms. The van der Waals surface area contributed by atoms with Crippen molar-refractivity contribution in [3.05, 3.63) is 113 Å². The van der Waals surface area contributed by atoms with Gasteiger partial charge in [0.15, 0.2) is 11.6 Å². The number of aryl methyl sites for hydroxylation is 1. The van der Waals surface area contributed by atoms with Crippen LogP contribution in [0, 0.1) is 11.6 Å². The van der Waals surface area contributed by atoms with Crippen molar-refractivity contribution >= 4 is 22.6 Å². The van der Waals surface area contributed by atoms with E-state index in [4.69, 9.17) is 9.84 Å². The Balaban J connectivity index is 1.58. The third-order valence-corrected chi connectivity index (χ3v) is 5.95. The number of hydrogen-bond acceptors (Lipinski definition) is 3. The van der Waals surface area contributed by atoms with Crippen molar-refractivity contribution in [3.63, 3.8) is 0 Å². The van der Waals surface area contributed by atoms with Crippen LogP contribution in [0.1, 0.15) is 46.4 Å². The molecule has 1 amide bonds. The summed E-state index contributed by atoms with van der Waals surface area (Å²) in [5.41, 5.74) is 2.39. The van der Waals surface area contributed by atoms with Gasteiger partial charge >= 0.3 is 5.97 Å². The van der Waals surface area contributed by atoms with Crippen molar-refractivity contribution in [2.45, 2.75) is 32.4 Å². The van der Waals surface area contributed by atoms with Crippen LogP contribution < -0.4 is 10.1 Å². The van der Waals surface area contributed by atoms with E-state index in [1.807, 2.05) is 49.4 Å². The summed E-state index contributed by atoms with van der Waals surface area (Å²) in [6, 6.07) is 21.3. The van der Waals surface area contributed by atoms with E-state index in [1.54, 1.807) is 18.2 Å². The predicted octanol–water partition coefficient (Wildman–Crippen LogP) is 6.21. The maximum absolute atomic E-state index is 13.9. The van der Waals surface area contributed by atoms with Crippen molar-refractivity contribution in [1.29, 1.82) is 0 Å². The minimum absolute atomic E-state index is 0.0985. The Morgan fingerprint density at radius 2 is 1.75 bits per heavy atom. The van der Waals surface area contributed by atoms with Gasteiger partial charge in [-0.15, -0.1) is 0 Å². The number of benzene rings is 4.